The van der Waals surface area contributed by atoms with E-state index >= 15 is 0 Å². The van der Waals surface area contributed by atoms with Crippen LogP contribution in [-0.4, -0.2) is 17.1 Å². The Labute approximate surface area is 116 Å². The zero-order valence-electron chi connectivity index (χ0n) is 10.7. The van der Waals surface area contributed by atoms with Gasteiger partial charge in [0.25, 0.3) is 0 Å². The van der Waals surface area contributed by atoms with Gasteiger partial charge in [-0.25, -0.2) is 4.98 Å². The Kier molecular flexibility index (Phi) is 2.91. The zero-order valence-corrected chi connectivity index (χ0v) is 11.5. The first-order valence-corrected chi connectivity index (χ1v) is 6.36. The van der Waals surface area contributed by atoms with Gasteiger partial charge in [0, 0.05) is 17.7 Å². The number of halogens is 1. The minimum Gasteiger partial charge on any atom is -0.497 e. The van der Waals surface area contributed by atoms with Gasteiger partial charge in [0.2, 0.25) is 0 Å². The summed E-state index contributed by atoms with van der Waals surface area (Å²) in [4.78, 5) is 7.87. The Morgan fingerprint density at radius 3 is 2.74 bits per heavy atom. The van der Waals surface area contributed by atoms with Gasteiger partial charge in [-0.3, -0.25) is 0 Å². The van der Waals surface area contributed by atoms with Crippen molar-refractivity contribution in [2.24, 2.45) is 0 Å². The van der Waals surface area contributed by atoms with Crippen molar-refractivity contribution in [3.8, 4) is 17.1 Å². The summed E-state index contributed by atoms with van der Waals surface area (Å²) in [5, 5.41) is 0.588. The molecule has 0 unspecified atom stereocenters. The average molecular weight is 273 g/mol. The van der Waals surface area contributed by atoms with Gasteiger partial charge in [-0.05, 0) is 12.5 Å². The molecule has 0 aliphatic heterocycles. The van der Waals surface area contributed by atoms with Crippen molar-refractivity contribution in [2.75, 3.05) is 7.11 Å². The number of fused-ring (bicyclic) bond motifs is 1. The maximum absolute atomic E-state index is 6.22. The van der Waals surface area contributed by atoms with Gasteiger partial charge < -0.3 is 9.72 Å². The van der Waals surface area contributed by atoms with Crippen LogP contribution in [0, 0.1) is 6.92 Å². The molecule has 19 heavy (non-hydrogen) atoms. The smallest absolute Gasteiger partial charge is 0.138 e. The molecule has 0 fully saturated rings. The summed E-state index contributed by atoms with van der Waals surface area (Å²) in [5.41, 5.74) is 3.89. The topological polar surface area (TPSA) is 37.9 Å². The largest absolute Gasteiger partial charge is 0.497 e. The fourth-order valence-corrected chi connectivity index (χ4v) is 2.39. The van der Waals surface area contributed by atoms with Gasteiger partial charge in [-0.2, -0.15) is 0 Å². The number of rotatable bonds is 2. The van der Waals surface area contributed by atoms with Crippen molar-refractivity contribution < 1.29 is 4.74 Å². The van der Waals surface area contributed by atoms with Gasteiger partial charge in [-0.1, -0.05) is 35.9 Å². The fourth-order valence-electron chi connectivity index (χ4n) is 2.13. The van der Waals surface area contributed by atoms with Crippen LogP contribution in [0.2, 0.25) is 5.02 Å². The molecular formula is C15H13ClN2O. The average Bonchev–Trinajstić information content (AvgIpc) is 2.83. The maximum Gasteiger partial charge on any atom is 0.138 e. The van der Waals surface area contributed by atoms with Crippen molar-refractivity contribution in [1.82, 2.24) is 9.97 Å². The summed E-state index contributed by atoms with van der Waals surface area (Å²) in [7, 11) is 1.62. The lowest BCUT2D eigenvalue weighted by molar-refractivity contribution is 0.415. The van der Waals surface area contributed by atoms with E-state index in [1.807, 2.05) is 24.3 Å². The molecule has 0 saturated carbocycles. The number of hydrogen-bond donors (Lipinski definition) is 1. The Morgan fingerprint density at radius 1 is 1.21 bits per heavy atom. The highest BCUT2D eigenvalue weighted by Gasteiger charge is 2.11. The number of H-pyrrole nitrogens is 1. The van der Waals surface area contributed by atoms with E-state index in [0.717, 1.165) is 28.2 Å². The van der Waals surface area contributed by atoms with E-state index in [1.54, 1.807) is 13.2 Å². The molecule has 0 amide bonds. The van der Waals surface area contributed by atoms with E-state index in [2.05, 4.69) is 23.0 Å². The molecule has 0 aliphatic rings. The van der Waals surface area contributed by atoms with Crippen molar-refractivity contribution >= 4 is 22.6 Å². The molecule has 4 heteroatoms. The molecule has 0 aliphatic carbocycles. The van der Waals surface area contributed by atoms with Gasteiger partial charge in [0.05, 0.1) is 17.6 Å². The van der Waals surface area contributed by atoms with Crippen LogP contribution < -0.4 is 4.74 Å². The molecular weight excluding hydrogens is 260 g/mol. The second kappa shape index (κ2) is 4.59. The first kappa shape index (κ1) is 12.1. The summed E-state index contributed by atoms with van der Waals surface area (Å²) in [6.07, 6.45) is 0. The minimum absolute atomic E-state index is 0.588. The second-order valence-corrected chi connectivity index (χ2v) is 4.81. The number of nitrogens with zero attached hydrogens (tertiary/aromatic N) is 1. The molecule has 0 spiro atoms. The third-order valence-electron chi connectivity index (χ3n) is 3.15. The standard InChI is InChI=1S/C15H13ClN2O/c1-9-5-3-4-6-11(9)15-17-13-8-10(19-2)7-12(16)14(13)18-15/h3-8H,1-2H3,(H,17,18). The maximum atomic E-state index is 6.22. The molecule has 0 radical (unpaired) electrons. The van der Waals surface area contributed by atoms with Crippen LogP contribution >= 0.6 is 11.6 Å². The van der Waals surface area contributed by atoms with Gasteiger partial charge >= 0.3 is 0 Å². The molecule has 0 atom stereocenters. The molecule has 3 aromatic rings. The number of ether oxygens (including phenoxy) is 1. The number of nitrogens with one attached hydrogen (secondary N) is 1. The first-order chi connectivity index (χ1) is 9.19. The van der Waals surface area contributed by atoms with E-state index in [9.17, 15) is 0 Å². The van der Waals surface area contributed by atoms with Gasteiger partial charge in [0.1, 0.15) is 17.1 Å². The molecule has 1 N–H and O–H groups in total. The Hall–Kier alpha value is -2.00. The predicted octanol–water partition coefficient (Wildman–Crippen LogP) is 4.20. The summed E-state index contributed by atoms with van der Waals surface area (Å²) >= 11 is 6.22. The van der Waals surface area contributed by atoms with Crippen molar-refractivity contribution in [1.29, 1.82) is 0 Å². The second-order valence-electron chi connectivity index (χ2n) is 4.41. The van der Waals surface area contributed by atoms with E-state index in [1.165, 1.54) is 5.56 Å². The molecule has 0 bridgehead atoms. The zero-order chi connectivity index (χ0) is 13.4. The highest BCUT2D eigenvalue weighted by Crippen LogP contribution is 2.30. The summed E-state index contributed by atoms with van der Waals surface area (Å²) in [6.45, 7) is 2.06. The van der Waals surface area contributed by atoms with Gasteiger partial charge in [0.15, 0.2) is 0 Å². The van der Waals surface area contributed by atoms with Crippen LogP contribution in [0.5, 0.6) is 5.75 Å². The summed E-state index contributed by atoms with van der Waals surface area (Å²) in [5.74, 6) is 1.54. The number of hydrogen-bond acceptors (Lipinski definition) is 2. The van der Waals surface area contributed by atoms with E-state index < -0.39 is 0 Å². The number of imidazole rings is 1. The molecule has 0 saturated heterocycles. The molecule has 96 valence electrons. The first-order valence-electron chi connectivity index (χ1n) is 5.98. The highest BCUT2D eigenvalue weighted by molar-refractivity contribution is 6.35. The van der Waals surface area contributed by atoms with Crippen molar-refractivity contribution in [3.63, 3.8) is 0 Å². The Morgan fingerprint density at radius 2 is 2.00 bits per heavy atom. The lowest BCUT2D eigenvalue weighted by Gasteiger charge is -2.00. The fraction of sp³-hybridized carbons (Fsp3) is 0.133. The predicted molar refractivity (Wildman–Crippen MR) is 77.8 cm³/mol. The van der Waals surface area contributed by atoms with E-state index in [0.29, 0.717) is 5.02 Å². The molecule has 3 nitrogen and oxygen atoms in total. The third-order valence-corrected chi connectivity index (χ3v) is 3.44. The third kappa shape index (κ3) is 2.06. The number of aryl methyl sites for hydroxylation is 1. The Bertz CT molecular complexity index is 749. The van der Waals surface area contributed by atoms with Crippen LogP contribution in [0.4, 0.5) is 0 Å². The monoisotopic (exact) mass is 272 g/mol. The Balaban J connectivity index is 2.22. The molecule has 3 rings (SSSR count). The van der Waals surface area contributed by atoms with Crippen LogP contribution in [0.25, 0.3) is 22.4 Å². The van der Waals surface area contributed by atoms with Crippen molar-refractivity contribution in [2.45, 2.75) is 6.92 Å². The van der Waals surface area contributed by atoms with Gasteiger partial charge in [-0.15, -0.1) is 0 Å². The normalized spacial score (nSPS) is 10.9. The minimum atomic E-state index is 0.588. The van der Waals surface area contributed by atoms with Crippen LogP contribution in [0.1, 0.15) is 5.56 Å². The molecule has 1 aromatic heterocycles. The number of aromatic nitrogens is 2. The highest BCUT2D eigenvalue weighted by atomic mass is 35.5. The van der Waals surface area contributed by atoms with E-state index in [4.69, 9.17) is 16.3 Å². The van der Waals surface area contributed by atoms with Crippen LogP contribution in [-0.2, 0) is 0 Å². The lowest BCUT2D eigenvalue weighted by atomic mass is 10.1. The number of benzene rings is 2. The van der Waals surface area contributed by atoms with E-state index in [-0.39, 0.29) is 0 Å². The quantitative estimate of drug-likeness (QED) is 0.759. The summed E-state index contributed by atoms with van der Waals surface area (Å²) in [6, 6.07) is 11.8. The number of methoxy groups -OCH3 is 1. The molecule has 2 aromatic carbocycles. The van der Waals surface area contributed by atoms with Crippen molar-refractivity contribution in [3.05, 3.63) is 47.0 Å². The van der Waals surface area contributed by atoms with Crippen LogP contribution in [0.15, 0.2) is 36.4 Å². The molecule has 1 heterocycles. The number of aromatic amines is 1. The SMILES string of the molecule is COc1cc(Cl)c2nc(-c3ccccc3C)[nH]c2c1. The lowest BCUT2D eigenvalue weighted by Crippen LogP contribution is -1.83. The summed E-state index contributed by atoms with van der Waals surface area (Å²) < 4.78 is 5.21. The van der Waals surface area contributed by atoms with Crippen LogP contribution in [0.3, 0.4) is 0 Å².